The first-order chi connectivity index (χ1) is 6.61. The van der Waals surface area contributed by atoms with Crippen molar-refractivity contribution in [2.45, 2.75) is 19.4 Å². The van der Waals surface area contributed by atoms with Crippen LogP contribution in [-0.4, -0.2) is 11.3 Å². The van der Waals surface area contributed by atoms with Crippen LogP contribution in [0.1, 0.15) is 19.4 Å². The zero-order valence-corrected chi connectivity index (χ0v) is 9.71. The van der Waals surface area contributed by atoms with Crippen molar-refractivity contribution < 1.29 is 0 Å². The predicted octanol–water partition coefficient (Wildman–Crippen LogP) is 1.01. The molecule has 0 radical (unpaired) electrons. The third kappa shape index (κ3) is 3.20. The van der Waals surface area contributed by atoms with Crippen molar-refractivity contribution in [2.24, 2.45) is 16.8 Å². The van der Waals surface area contributed by atoms with Crippen molar-refractivity contribution in [1.82, 2.24) is 5.43 Å². The molecule has 0 aliphatic heterocycles. The van der Waals surface area contributed by atoms with E-state index in [9.17, 15) is 0 Å². The first kappa shape index (κ1) is 13.9. The molecule has 1 aromatic carbocycles. The fourth-order valence-electron chi connectivity index (χ4n) is 1.26. The minimum absolute atomic E-state index is 0. The Morgan fingerprint density at radius 3 is 2.20 bits per heavy atom. The van der Waals surface area contributed by atoms with E-state index in [2.05, 4.69) is 10.5 Å². The van der Waals surface area contributed by atoms with E-state index in [0.29, 0.717) is 0 Å². The molecule has 0 atom stereocenters. The lowest BCUT2D eigenvalue weighted by Gasteiger charge is -2.25. The SMILES string of the molecule is CC(C)(NN)/C(=N/N)c1ccccc1.Cl. The number of rotatable bonds is 3. The van der Waals surface area contributed by atoms with Gasteiger partial charge in [-0.1, -0.05) is 30.3 Å². The van der Waals surface area contributed by atoms with Crippen LogP contribution in [0.5, 0.6) is 0 Å². The highest BCUT2D eigenvalue weighted by Crippen LogP contribution is 2.12. The molecule has 0 saturated carbocycles. The van der Waals surface area contributed by atoms with Gasteiger partial charge in [0.15, 0.2) is 0 Å². The van der Waals surface area contributed by atoms with Crippen LogP contribution in [0.15, 0.2) is 35.4 Å². The number of halogens is 1. The van der Waals surface area contributed by atoms with Crippen LogP contribution in [0.4, 0.5) is 0 Å². The standard InChI is InChI=1S/C10H16N4.ClH/c1-10(2,14-12)9(13-11)8-6-4-3-5-7-8;/h3-7,14H,11-12H2,1-2H3;1H/b13-9+;. The van der Waals surface area contributed by atoms with Crippen molar-refractivity contribution in [1.29, 1.82) is 0 Å². The van der Waals surface area contributed by atoms with Gasteiger partial charge in [0, 0.05) is 0 Å². The summed E-state index contributed by atoms with van der Waals surface area (Å²) >= 11 is 0. The van der Waals surface area contributed by atoms with Crippen molar-refractivity contribution in [3.05, 3.63) is 35.9 Å². The Balaban J connectivity index is 0.00000196. The molecule has 0 aromatic heterocycles. The molecule has 5 heteroatoms. The highest BCUT2D eigenvalue weighted by Gasteiger charge is 2.24. The van der Waals surface area contributed by atoms with E-state index >= 15 is 0 Å². The molecule has 0 fully saturated rings. The van der Waals surface area contributed by atoms with Gasteiger partial charge < -0.3 is 5.84 Å². The minimum Gasteiger partial charge on any atom is -0.323 e. The van der Waals surface area contributed by atoms with Crippen molar-refractivity contribution in [3.63, 3.8) is 0 Å². The number of benzene rings is 1. The monoisotopic (exact) mass is 228 g/mol. The zero-order valence-electron chi connectivity index (χ0n) is 8.90. The number of nitrogens with two attached hydrogens (primary N) is 2. The van der Waals surface area contributed by atoms with Crippen LogP contribution in [-0.2, 0) is 0 Å². The molecule has 0 aliphatic rings. The normalized spacial score (nSPS) is 12.1. The summed E-state index contributed by atoms with van der Waals surface area (Å²) in [6.45, 7) is 3.84. The van der Waals surface area contributed by atoms with E-state index in [-0.39, 0.29) is 12.4 Å². The van der Waals surface area contributed by atoms with Crippen LogP contribution in [0.3, 0.4) is 0 Å². The second-order valence-electron chi connectivity index (χ2n) is 3.61. The maximum absolute atomic E-state index is 5.43. The molecule has 0 saturated heterocycles. The first-order valence-electron chi connectivity index (χ1n) is 4.43. The molecule has 0 spiro atoms. The maximum Gasteiger partial charge on any atom is 0.0880 e. The summed E-state index contributed by atoms with van der Waals surface area (Å²) in [4.78, 5) is 0. The van der Waals surface area contributed by atoms with Gasteiger partial charge in [0.2, 0.25) is 0 Å². The van der Waals surface area contributed by atoms with Crippen LogP contribution in [0.25, 0.3) is 0 Å². The summed E-state index contributed by atoms with van der Waals surface area (Å²) in [5, 5.41) is 3.77. The molecular formula is C10H17ClN4. The summed E-state index contributed by atoms with van der Waals surface area (Å²) in [6.07, 6.45) is 0. The second kappa shape index (κ2) is 5.70. The number of hydrogen-bond acceptors (Lipinski definition) is 4. The summed E-state index contributed by atoms with van der Waals surface area (Å²) < 4.78 is 0. The molecule has 0 bridgehead atoms. The summed E-state index contributed by atoms with van der Waals surface area (Å²) in [6, 6.07) is 9.72. The zero-order chi connectivity index (χ0) is 10.6. The number of hydrazine groups is 1. The Kier molecular flexibility index (Phi) is 5.28. The number of hydrogen-bond donors (Lipinski definition) is 3. The van der Waals surface area contributed by atoms with Gasteiger partial charge in [-0.15, -0.1) is 12.4 Å². The molecule has 4 nitrogen and oxygen atoms in total. The lowest BCUT2D eigenvalue weighted by atomic mass is 9.93. The molecule has 0 unspecified atom stereocenters. The van der Waals surface area contributed by atoms with Crippen molar-refractivity contribution in [2.75, 3.05) is 0 Å². The van der Waals surface area contributed by atoms with E-state index in [1.54, 1.807) is 0 Å². The molecule has 1 rings (SSSR count). The molecule has 5 N–H and O–H groups in total. The van der Waals surface area contributed by atoms with Crippen LogP contribution in [0, 0.1) is 0 Å². The van der Waals surface area contributed by atoms with Gasteiger partial charge in [0.05, 0.1) is 11.3 Å². The van der Waals surface area contributed by atoms with E-state index < -0.39 is 5.54 Å². The molecular weight excluding hydrogens is 212 g/mol. The van der Waals surface area contributed by atoms with Crippen molar-refractivity contribution in [3.8, 4) is 0 Å². The van der Waals surface area contributed by atoms with Gasteiger partial charge in [0.25, 0.3) is 0 Å². The number of nitrogens with one attached hydrogen (secondary N) is 1. The van der Waals surface area contributed by atoms with Crippen molar-refractivity contribution >= 4 is 18.1 Å². The van der Waals surface area contributed by atoms with Crippen LogP contribution < -0.4 is 17.1 Å². The fourth-order valence-corrected chi connectivity index (χ4v) is 1.26. The molecule has 0 aliphatic carbocycles. The van der Waals surface area contributed by atoms with Gasteiger partial charge in [-0.05, 0) is 19.4 Å². The van der Waals surface area contributed by atoms with Gasteiger partial charge in [-0.25, -0.2) is 5.43 Å². The molecule has 84 valence electrons. The fraction of sp³-hybridized carbons (Fsp3) is 0.300. The predicted molar refractivity (Wildman–Crippen MR) is 65.8 cm³/mol. The lowest BCUT2D eigenvalue weighted by molar-refractivity contribution is 0.523. The van der Waals surface area contributed by atoms with Crippen LogP contribution in [0.2, 0.25) is 0 Å². The van der Waals surface area contributed by atoms with E-state index in [4.69, 9.17) is 11.7 Å². The van der Waals surface area contributed by atoms with E-state index in [0.717, 1.165) is 11.3 Å². The highest BCUT2D eigenvalue weighted by molar-refractivity contribution is 6.06. The van der Waals surface area contributed by atoms with Gasteiger partial charge in [-0.3, -0.25) is 5.84 Å². The second-order valence-corrected chi connectivity index (χ2v) is 3.61. The Morgan fingerprint density at radius 1 is 1.27 bits per heavy atom. The number of hydrazone groups is 1. The third-order valence-corrected chi connectivity index (χ3v) is 2.13. The Labute approximate surface area is 96.1 Å². The topological polar surface area (TPSA) is 76.4 Å². The lowest BCUT2D eigenvalue weighted by Crippen LogP contribution is -2.51. The quantitative estimate of drug-likeness (QED) is 0.411. The van der Waals surface area contributed by atoms with E-state index in [1.807, 2.05) is 44.2 Å². The molecule has 0 heterocycles. The van der Waals surface area contributed by atoms with Gasteiger partial charge >= 0.3 is 0 Å². The summed E-state index contributed by atoms with van der Waals surface area (Å²) in [7, 11) is 0. The summed E-state index contributed by atoms with van der Waals surface area (Å²) in [5.74, 6) is 10.8. The largest absolute Gasteiger partial charge is 0.323 e. The van der Waals surface area contributed by atoms with Gasteiger partial charge in [0.1, 0.15) is 0 Å². The Hall–Kier alpha value is -1.10. The first-order valence-corrected chi connectivity index (χ1v) is 4.43. The molecule has 15 heavy (non-hydrogen) atoms. The van der Waals surface area contributed by atoms with Crippen LogP contribution >= 0.6 is 12.4 Å². The minimum atomic E-state index is -0.434. The van der Waals surface area contributed by atoms with Gasteiger partial charge in [-0.2, -0.15) is 5.10 Å². The average molecular weight is 229 g/mol. The highest BCUT2D eigenvalue weighted by atomic mass is 35.5. The third-order valence-electron chi connectivity index (χ3n) is 2.13. The number of nitrogens with zero attached hydrogens (tertiary/aromatic N) is 1. The molecule has 1 aromatic rings. The van der Waals surface area contributed by atoms with E-state index in [1.165, 1.54) is 0 Å². The molecule has 0 amide bonds. The maximum atomic E-state index is 5.43. The smallest absolute Gasteiger partial charge is 0.0880 e. The Morgan fingerprint density at radius 2 is 1.80 bits per heavy atom. The Bertz CT molecular complexity index is 321. The average Bonchev–Trinajstić information content (AvgIpc) is 2.20. The summed E-state index contributed by atoms with van der Waals surface area (Å²) in [5.41, 5.74) is 3.95.